The van der Waals surface area contributed by atoms with Crippen LogP contribution >= 0.6 is 0 Å². The van der Waals surface area contributed by atoms with Crippen LogP contribution in [-0.4, -0.2) is 49.1 Å². The number of primary sulfonamides is 1. The first kappa shape index (κ1) is 26.6. The van der Waals surface area contributed by atoms with Gasteiger partial charge >= 0.3 is 12.0 Å². The normalized spacial score (nSPS) is 15.5. The summed E-state index contributed by atoms with van der Waals surface area (Å²) in [4.78, 5) is 24.7. The van der Waals surface area contributed by atoms with E-state index >= 15 is 0 Å². The summed E-state index contributed by atoms with van der Waals surface area (Å²) < 4.78 is 40.9. The van der Waals surface area contributed by atoms with E-state index in [-0.39, 0.29) is 23.7 Å². The van der Waals surface area contributed by atoms with E-state index < -0.39 is 28.1 Å². The molecule has 1 aliphatic heterocycles. The molecule has 0 aliphatic carbocycles. The second-order valence-corrected chi connectivity index (χ2v) is 9.74. The largest absolute Gasteiger partial charge is 0.493 e. The first-order valence-corrected chi connectivity index (χ1v) is 13.0. The molecule has 1 aliphatic rings. The van der Waals surface area contributed by atoms with Crippen LogP contribution in [0.4, 0.5) is 4.79 Å². The molecule has 2 amide bonds. The first-order valence-electron chi connectivity index (χ1n) is 11.4. The number of hydrogen-bond acceptors (Lipinski definition) is 9. The summed E-state index contributed by atoms with van der Waals surface area (Å²) in [7, 11) is -2.32. The fourth-order valence-electron chi connectivity index (χ4n) is 3.84. The Morgan fingerprint density at radius 2 is 1.89 bits per heavy atom. The lowest BCUT2D eigenvalue weighted by Gasteiger charge is -2.28. The topological polar surface area (TPSA) is 177 Å². The van der Waals surface area contributed by atoms with Crippen LogP contribution < -0.4 is 25.2 Å². The van der Waals surface area contributed by atoms with Gasteiger partial charge in [0.05, 0.1) is 42.1 Å². The fraction of sp³-hybridized carbons (Fsp3) is 0.250. The van der Waals surface area contributed by atoms with Crippen LogP contribution in [0.1, 0.15) is 31.1 Å². The lowest BCUT2D eigenvalue weighted by atomic mass is 9.95. The third-order valence-electron chi connectivity index (χ3n) is 5.63. The lowest BCUT2D eigenvalue weighted by Crippen LogP contribution is -2.45. The summed E-state index contributed by atoms with van der Waals surface area (Å²) in [5.41, 5.74) is 2.37. The average Bonchev–Trinajstić information content (AvgIpc) is 3.35. The number of nitrogens with zero attached hydrogens (tertiary/aromatic N) is 3. The van der Waals surface area contributed by atoms with Crippen molar-refractivity contribution < 1.29 is 32.2 Å². The average molecular weight is 543 g/mol. The van der Waals surface area contributed by atoms with Crippen LogP contribution in [0.25, 0.3) is 5.69 Å². The number of carbonyl (C=O) groups is 2. The molecule has 2 aromatic carbocycles. The van der Waals surface area contributed by atoms with Gasteiger partial charge in [-0.1, -0.05) is 11.3 Å². The molecule has 4 N–H and O–H groups in total. The van der Waals surface area contributed by atoms with Gasteiger partial charge in [-0.05, 0) is 55.8 Å². The van der Waals surface area contributed by atoms with Crippen LogP contribution in [-0.2, 0) is 26.2 Å². The Morgan fingerprint density at radius 3 is 2.55 bits per heavy atom. The van der Waals surface area contributed by atoms with Crippen molar-refractivity contribution in [1.82, 2.24) is 25.6 Å². The number of carbonyl (C=O) groups excluding carboxylic acids is 2. The number of methoxy groups -OCH3 is 1. The molecule has 13 nitrogen and oxygen atoms in total. The summed E-state index contributed by atoms with van der Waals surface area (Å²) in [5, 5.41) is 18.6. The van der Waals surface area contributed by atoms with Crippen LogP contribution in [0, 0.1) is 0 Å². The molecular weight excluding hydrogens is 516 g/mol. The van der Waals surface area contributed by atoms with E-state index in [0.717, 1.165) is 0 Å². The third kappa shape index (κ3) is 5.76. The summed E-state index contributed by atoms with van der Waals surface area (Å²) in [5.74, 6) is 0.244. The van der Waals surface area contributed by atoms with Crippen molar-refractivity contribution in [2.75, 3.05) is 13.7 Å². The van der Waals surface area contributed by atoms with Gasteiger partial charge in [-0.3, -0.25) is 0 Å². The molecule has 1 atom stereocenters. The van der Waals surface area contributed by atoms with Crippen molar-refractivity contribution >= 4 is 22.0 Å². The molecule has 1 aromatic heterocycles. The number of esters is 1. The molecule has 0 saturated heterocycles. The molecule has 14 heteroatoms. The van der Waals surface area contributed by atoms with Crippen LogP contribution in [0.5, 0.6) is 11.5 Å². The predicted octanol–water partition coefficient (Wildman–Crippen LogP) is 1.69. The summed E-state index contributed by atoms with van der Waals surface area (Å²) in [6.07, 6.45) is 1.64. The number of ether oxygens (including phenoxy) is 3. The lowest BCUT2D eigenvalue weighted by molar-refractivity contribution is -0.139. The monoisotopic (exact) mass is 542 g/mol. The number of allylic oxidation sites excluding steroid dienone is 1. The first-order chi connectivity index (χ1) is 18.1. The number of aromatic nitrogens is 3. The van der Waals surface area contributed by atoms with Gasteiger partial charge in [0.1, 0.15) is 12.3 Å². The van der Waals surface area contributed by atoms with Crippen molar-refractivity contribution in [2.45, 2.75) is 31.4 Å². The predicted molar refractivity (Wildman–Crippen MR) is 134 cm³/mol. The maximum Gasteiger partial charge on any atom is 0.338 e. The Kier molecular flexibility index (Phi) is 7.64. The molecule has 0 spiro atoms. The van der Waals surface area contributed by atoms with E-state index in [0.29, 0.717) is 34.1 Å². The van der Waals surface area contributed by atoms with Gasteiger partial charge in [0.15, 0.2) is 11.5 Å². The molecular formula is C24H26N6O7S. The highest BCUT2D eigenvalue weighted by Gasteiger charge is 2.32. The summed E-state index contributed by atoms with van der Waals surface area (Å²) in [6.45, 7) is 3.59. The number of urea groups is 1. The second kappa shape index (κ2) is 10.9. The van der Waals surface area contributed by atoms with E-state index in [2.05, 4.69) is 20.9 Å². The zero-order valence-corrected chi connectivity index (χ0v) is 21.6. The Hall–Kier alpha value is -4.43. The Balaban J connectivity index is 1.51. The van der Waals surface area contributed by atoms with E-state index in [9.17, 15) is 18.0 Å². The minimum absolute atomic E-state index is 0.00968. The molecule has 0 bridgehead atoms. The quantitative estimate of drug-likeness (QED) is 0.340. The number of sulfonamides is 1. The van der Waals surface area contributed by atoms with E-state index in [4.69, 9.17) is 19.3 Å². The number of benzene rings is 2. The fourth-order valence-corrected chi connectivity index (χ4v) is 4.35. The molecule has 200 valence electrons. The molecule has 0 radical (unpaired) electrons. The molecule has 38 heavy (non-hydrogen) atoms. The highest BCUT2D eigenvalue weighted by Crippen LogP contribution is 2.35. The third-order valence-corrected chi connectivity index (χ3v) is 6.56. The zero-order chi connectivity index (χ0) is 27.4. The smallest absolute Gasteiger partial charge is 0.338 e. The number of amides is 2. The van der Waals surface area contributed by atoms with Crippen molar-refractivity contribution in [3.63, 3.8) is 0 Å². The highest BCUT2D eigenvalue weighted by atomic mass is 32.2. The molecule has 0 fully saturated rings. The van der Waals surface area contributed by atoms with Crippen molar-refractivity contribution in [2.24, 2.45) is 5.14 Å². The molecule has 2 heterocycles. The van der Waals surface area contributed by atoms with Crippen molar-refractivity contribution in [1.29, 1.82) is 0 Å². The van der Waals surface area contributed by atoms with Gasteiger partial charge in [0, 0.05) is 5.70 Å². The van der Waals surface area contributed by atoms with Crippen molar-refractivity contribution in [3.8, 4) is 17.2 Å². The van der Waals surface area contributed by atoms with Crippen LogP contribution in [0.15, 0.2) is 64.8 Å². The maximum atomic E-state index is 12.6. The zero-order valence-electron chi connectivity index (χ0n) is 20.8. The Labute approximate surface area is 218 Å². The standard InChI is InChI=1S/C24H26N6O7S/c1-4-36-23(31)21-14(2)26-24(32)27-22(21)15-5-10-19(20(11-15)35-3)37-13-16-12-30(29-28-16)17-6-8-18(9-7-17)38(25,33)34/h5-12,22H,4,13H2,1-3H3,(H2,25,33,34)(H2,26,27,32). The molecule has 3 aromatic rings. The number of hydrogen-bond donors (Lipinski definition) is 3. The minimum Gasteiger partial charge on any atom is -0.493 e. The summed E-state index contributed by atoms with van der Waals surface area (Å²) in [6, 6.07) is 9.73. The van der Waals surface area contributed by atoms with E-state index in [1.54, 1.807) is 50.4 Å². The van der Waals surface area contributed by atoms with Crippen LogP contribution in [0.2, 0.25) is 0 Å². The maximum absolute atomic E-state index is 12.6. The van der Waals surface area contributed by atoms with Gasteiger partial charge in [0.2, 0.25) is 10.0 Å². The number of nitrogens with two attached hydrogens (primary N) is 1. The van der Waals surface area contributed by atoms with Gasteiger partial charge in [-0.15, -0.1) is 5.10 Å². The van der Waals surface area contributed by atoms with Crippen molar-refractivity contribution in [3.05, 3.63) is 71.2 Å². The summed E-state index contributed by atoms with van der Waals surface area (Å²) >= 11 is 0. The van der Waals surface area contributed by atoms with Gasteiger partial charge < -0.3 is 24.8 Å². The van der Waals surface area contributed by atoms with E-state index in [1.807, 2.05) is 0 Å². The SMILES string of the molecule is CCOC(=O)C1=C(C)NC(=O)NC1c1ccc(OCc2cn(-c3ccc(S(N)(=O)=O)cc3)nn2)c(OC)c1. The number of nitrogens with one attached hydrogen (secondary N) is 2. The van der Waals surface area contributed by atoms with Gasteiger partial charge in [-0.2, -0.15) is 0 Å². The second-order valence-electron chi connectivity index (χ2n) is 8.18. The molecule has 0 saturated carbocycles. The molecule has 1 unspecified atom stereocenters. The van der Waals surface area contributed by atoms with Crippen LogP contribution in [0.3, 0.4) is 0 Å². The Bertz CT molecular complexity index is 1500. The van der Waals surface area contributed by atoms with E-state index in [1.165, 1.54) is 23.9 Å². The molecule has 4 rings (SSSR count). The highest BCUT2D eigenvalue weighted by molar-refractivity contribution is 7.89. The minimum atomic E-state index is -3.79. The van der Waals surface area contributed by atoms with Gasteiger partial charge in [-0.25, -0.2) is 27.8 Å². The Morgan fingerprint density at radius 1 is 1.16 bits per heavy atom. The number of rotatable bonds is 9. The van der Waals surface area contributed by atoms with Gasteiger partial charge in [0.25, 0.3) is 0 Å².